The standard InChI is InChI=1S/C14H15BrFNS/c1-9-6-7-18-14(9)12(17-2)8-10-4-3-5-11(16)13(10)15/h3-7,12,17H,8H2,1-2H3. The molecule has 0 radical (unpaired) electrons. The predicted octanol–water partition coefficient (Wildman–Crippen LogP) is 4.46. The number of rotatable bonds is 4. The highest BCUT2D eigenvalue weighted by Crippen LogP contribution is 2.29. The van der Waals surface area contributed by atoms with E-state index in [1.54, 1.807) is 17.4 Å². The molecule has 2 rings (SSSR count). The first kappa shape index (κ1) is 13.7. The van der Waals surface area contributed by atoms with Crippen LogP contribution >= 0.6 is 27.3 Å². The normalized spacial score (nSPS) is 12.7. The highest BCUT2D eigenvalue weighted by Gasteiger charge is 2.16. The summed E-state index contributed by atoms with van der Waals surface area (Å²) >= 11 is 5.06. The fraction of sp³-hybridized carbons (Fsp3) is 0.286. The lowest BCUT2D eigenvalue weighted by Gasteiger charge is -2.17. The molecule has 0 bridgehead atoms. The molecule has 1 aromatic carbocycles. The lowest BCUT2D eigenvalue weighted by Crippen LogP contribution is -2.18. The fourth-order valence-electron chi connectivity index (χ4n) is 1.99. The number of halogens is 2. The molecule has 1 atom stereocenters. The highest BCUT2D eigenvalue weighted by molar-refractivity contribution is 9.10. The van der Waals surface area contributed by atoms with Crippen LogP contribution in [0.15, 0.2) is 34.1 Å². The third kappa shape index (κ3) is 2.82. The summed E-state index contributed by atoms with van der Waals surface area (Å²) in [5.41, 5.74) is 2.27. The number of aryl methyl sites for hydroxylation is 1. The van der Waals surface area contributed by atoms with Crippen LogP contribution in [0.3, 0.4) is 0 Å². The molecule has 1 unspecified atom stereocenters. The minimum Gasteiger partial charge on any atom is -0.312 e. The van der Waals surface area contributed by atoms with E-state index in [9.17, 15) is 4.39 Å². The summed E-state index contributed by atoms with van der Waals surface area (Å²) in [6, 6.07) is 7.52. The lowest BCUT2D eigenvalue weighted by molar-refractivity contribution is 0.585. The molecule has 2 aromatic rings. The number of hydrogen-bond donors (Lipinski definition) is 1. The Hall–Kier alpha value is -0.710. The molecule has 0 amide bonds. The maximum atomic E-state index is 13.5. The summed E-state index contributed by atoms with van der Waals surface area (Å²) in [6.07, 6.45) is 0.774. The van der Waals surface area contributed by atoms with Crippen LogP contribution < -0.4 is 5.32 Å². The van der Waals surface area contributed by atoms with Gasteiger partial charge in [-0.25, -0.2) is 4.39 Å². The van der Waals surface area contributed by atoms with Crippen molar-refractivity contribution in [2.24, 2.45) is 0 Å². The Kier molecular flexibility index (Phi) is 4.54. The van der Waals surface area contributed by atoms with Gasteiger partial charge in [-0.15, -0.1) is 11.3 Å². The van der Waals surface area contributed by atoms with E-state index in [2.05, 4.69) is 39.6 Å². The molecule has 0 aliphatic carbocycles. The number of likely N-dealkylation sites (N-methyl/N-ethyl adjacent to an activating group) is 1. The van der Waals surface area contributed by atoms with Gasteiger partial charge in [-0.3, -0.25) is 0 Å². The third-order valence-corrected chi connectivity index (χ3v) is 5.04. The second-order valence-corrected chi connectivity index (χ2v) is 5.97. The van der Waals surface area contributed by atoms with Crippen molar-refractivity contribution >= 4 is 27.3 Å². The van der Waals surface area contributed by atoms with Crippen molar-refractivity contribution in [3.05, 3.63) is 55.9 Å². The summed E-state index contributed by atoms with van der Waals surface area (Å²) < 4.78 is 14.1. The molecule has 0 saturated heterocycles. The molecule has 1 heterocycles. The number of hydrogen-bond acceptors (Lipinski definition) is 2. The van der Waals surface area contributed by atoms with E-state index < -0.39 is 0 Å². The minimum absolute atomic E-state index is 0.203. The zero-order valence-electron chi connectivity index (χ0n) is 10.3. The molecule has 0 aliphatic rings. The van der Waals surface area contributed by atoms with Gasteiger partial charge in [0.15, 0.2) is 0 Å². The smallest absolute Gasteiger partial charge is 0.137 e. The molecule has 0 saturated carbocycles. The van der Waals surface area contributed by atoms with Crippen LogP contribution in [0.1, 0.15) is 22.0 Å². The van der Waals surface area contributed by atoms with Crippen molar-refractivity contribution in [1.82, 2.24) is 5.32 Å². The van der Waals surface area contributed by atoms with Gasteiger partial charge in [0.1, 0.15) is 5.82 Å². The number of benzene rings is 1. The zero-order chi connectivity index (χ0) is 13.1. The zero-order valence-corrected chi connectivity index (χ0v) is 12.7. The molecule has 18 heavy (non-hydrogen) atoms. The van der Waals surface area contributed by atoms with Crippen molar-refractivity contribution in [2.75, 3.05) is 7.05 Å². The second kappa shape index (κ2) is 5.95. The van der Waals surface area contributed by atoms with Crippen molar-refractivity contribution < 1.29 is 4.39 Å². The maximum absolute atomic E-state index is 13.5. The molecule has 1 N–H and O–H groups in total. The topological polar surface area (TPSA) is 12.0 Å². The molecule has 96 valence electrons. The predicted molar refractivity (Wildman–Crippen MR) is 78.7 cm³/mol. The quantitative estimate of drug-likeness (QED) is 0.874. The van der Waals surface area contributed by atoms with Gasteiger partial charge in [0, 0.05) is 10.9 Å². The average molecular weight is 328 g/mol. The van der Waals surface area contributed by atoms with Gasteiger partial charge in [-0.2, -0.15) is 0 Å². The van der Waals surface area contributed by atoms with Gasteiger partial charge in [0.25, 0.3) is 0 Å². The van der Waals surface area contributed by atoms with Crippen molar-refractivity contribution in [2.45, 2.75) is 19.4 Å². The Labute approximate surface area is 119 Å². The van der Waals surface area contributed by atoms with Crippen LogP contribution in [0, 0.1) is 12.7 Å². The molecule has 1 nitrogen and oxygen atoms in total. The Morgan fingerprint density at radius 2 is 2.17 bits per heavy atom. The van der Waals surface area contributed by atoms with E-state index in [0.29, 0.717) is 4.47 Å². The van der Waals surface area contributed by atoms with Crippen LogP contribution in [0.25, 0.3) is 0 Å². The third-order valence-electron chi connectivity index (χ3n) is 3.02. The number of nitrogens with one attached hydrogen (secondary N) is 1. The maximum Gasteiger partial charge on any atom is 0.137 e. The second-order valence-electron chi connectivity index (χ2n) is 4.23. The van der Waals surface area contributed by atoms with Crippen LogP contribution in [-0.4, -0.2) is 7.05 Å². The van der Waals surface area contributed by atoms with E-state index in [4.69, 9.17) is 0 Å². The van der Waals surface area contributed by atoms with E-state index in [0.717, 1.165) is 12.0 Å². The molecule has 0 spiro atoms. The number of thiophene rings is 1. The van der Waals surface area contributed by atoms with E-state index >= 15 is 0 Å². The van der Waals surface area contributed by atoms with E-state index in [1.807, 2.05) is 13.1 Å². The largest absolute Gasteiger partial charge is 0.312 e. The summed E-state index contributed by atoms with van der Waals surface area (Å²) in [5.74, 6) is -0.203. The van der Waals surface area contributed by atoms with Crippen LogP contribution in [-0.2, 0) is 6.42 Å². The van der Waals surface area contributed by atoms with E-state index in [-0.39, 0.29) is 11.9 Å². The molecular weight excluding hydrogens is 313 g/mol. The average Bonchev–Trinajstić information content (AvgIpc) is 2.77. The Balaban J connectivity index is 2.26. The highest BCUT2D eigenvalue weighted by atomic mass is 79.9. The summed E-state index contributed by atoms with van der Waals surface area (Å²) in [6.45, 7) is 2.11. The Bertz CT molecular complexity index is 538. The van der Waals surface area contributed by atoms with Crippen molar-refractivity contribution in [3.8, 4) is 0 Å². The van der Waals surface area contributed by atoms with Crippen LogP contribution in [0.2, 0.25) is 0 Å². The molecule has 1 aromatic heterocycles. The first-order valence-corrected chi connectivity index (χ1v) is 7.45. The van der Waals surface area contributed by atoms with Crippen molar-refractivity contribution in [3.63, 3.8) is 0 Å². The lowest BCUT2D eigenvalue weighted by atomic mass is 10.0. The van der Waals surface area contributed by atoms with Gasteiger partial charge < -0.3 is 5.32 Å². The first-order chi connectivity index (χ1) is 8.63. The van der Waals surface area contributed by atoms with Crippen molar-refractivity contribution in [1.29, 1.82) is 0 Å². The first-order valence-electron chi connectivity index (χ1n) is 5.77. The fourth-order valence-corrected chi connectivity index (χ4v) is 3.46. The molecule has 0 fully saturated rings. The Morgan fingerprint density at radius 1 is 1.39 bits per heavy atom. The molecule has 4 heteroatoms. The van der Waals surface area contributed by atoms with Crippen LogP contribution in [0.4, 0.5) is 4.39 Å². The van der Waals surface area contributed by atoms with Gasteiger partial charge in [-0.05, 0) is 65.0 Å². The van der Waals surface area contributed by atoms with E-state index in [1.165, 1.54) is 16.5 Å². The van der Waals surface area contributed by atoms with Gasteiger partial charge in [-0.1, -0.05) is 12.1 Å². The van der Waals surface area contributed by atoms with Crippen LogP contribution in [0.5, 0.6) is 0 Å². The molecular formula is C14H15BrFNS. The SMILES string of the molecule is CNC(Cc1cccc(F)c1Br)c1sccc1C. The summed E-state index contributed by atoms with van der Waals surface area (Å²) in [5, 5.41) is 5.40. The van der Waals surface area contributed by atoms with Gasteiger partial charge >= 0.3 is 0 Å². The summed E-state index contributed by atoms with van der Waals surface area (Å²) in [7, 11) is 1.94. The monoisotopic (exact) mass is 327 g/mol. The molecule has 0 aliphatic heterocycles. The van der Waals surface area contributed by atoms with Gasteiger partial charge in [0.05, 0.1) is 4.47 Å². The Morgan fingerprint density at radius 3 is 2.78 bits per heavy atom. The summed E-state index contributed by atoms with van der Waals surface area (Å²) in [4.78, 5) is 1.31. The van der Waals surface area contributed by atoms with Gasteiger partial charge in [0.2, 0.25) is 0 Å². The minimum atomic E-state index is -0.203.